The van der Waals surface area contributed by atoms with E-state index in [4.69, 9.17) is 20.9 Å². The van der Waals surface area contributed by atoms with Crippen molar-refractivity contribution in [3.05, 3.63) is 92.0 Å². The molecule has 0 saturated carbocycles. The SMILES string of the molecule is C=CCn1cc[n+](C)c1.[O-]P(=S)(Oc1ccccc1)Oc1ccccc1. The maximum Gasteiger partial charge on any atom is 0.243 e. The molecule has 3 rings (SSSR count). The molecule has 1 aromatic heterocycles. The molecule has 0 radical (unpaired) electrons. The summed E-state index contributed by atoms with van der Waals surface area (Å²) >= 11 is 4.82. The number of hydrogen-bond acceptors (Lipinski definition) is 4. The van der Waals surface area contributed by atoms with Crippen molar-refractivity contribution < 1.29 is 18.5 Å². The van der Waals surface area contributed by atoms with E-state index in [9.17, 15) is 4.89 Å². The third kappa shape index (κ3) is 7.23. The van der Waals surface area contributed by atoms with Gasteiger partial charge in [0.1, 0.15) is 30.4 Å². The molecule has 7 heteroatoms. The van der Waals surface area contributed by atoms with Crippen molar-refractivity contribution in [1.82, 2.24) is 4.57 Å². The summed E-state index contributed by atoms with van der Waals surface area (Å²) in [6, 6.07) is 17.4. The first-order chi connectivity index (χ1) is 12.5. The highest BCUT2D eigenvalue weighted by atomic mass is 32.5. The summed E-state index contributed by atoms with van der Waals surface area (Å²) in [4.78, 5) is 11.9. The second kappa shape index (κ2) is 9.92. The van der Waals surface area contributed by atoms with Crippen molar-refractivity contribution in [3.8, 4) is 11.5 Å². The minimum Gasteiger partial charge on any atom is -0.760 e. The normalized spacial score (nSPS) is 10.4. The lowest BCUT2D eigenvalue weighted by molar-refractivity contribution is -0.671. The summed E-state index contributed by atoms with van der Waals surface area (Å²) in [6.45, 7) is 0.972. The number of allylic oxidation sites excluding steroid dienone is 1. The van der Waals surface area contributed by atoms with E-state index in [0.717, 1.165) is 6.54 Å². The highest BCUT2D eigenvalue weighted by Gasteiger charge is 2.07. The van der Waals surface area contributed by atoms with Crippen molar-refractivity contribution >= 4 is 18.5 Å². The second-order valence-corrected chi connectivity index (χ2v) is 7.92. The molecule has 0 aliphatic rings. The zero-order valence-electron chi connectivity index (χ0n) is 14.5. The second-order valence-electron chi connectivity index (χ2n) is 5.32. The molecule has 0 fully saturated rings. The first-order valence-corrected chi connectivity index (χ1v) is 10.5. The predicted octanol–water partition coefficient (Wildman–Crippen LogP) is 3.23. The quantitative estimate of drug-likeness (QED) is 0.370. The fourth-order valence-corrected chi connectivity index (χ4v) is 3.31. The number of imidazole rings is 1. The van der Waals surface area contributed by atoms with Crippen LogP contribution in [0, 0.1) is 0 Å². The average molecular weight is 388 g/mol. The van der Waals surface area contributed by atoms with Gasteiger partial charge in [0.05, 0.1) is 7.05 Å². The van der Waals surface area contributed by atoms with E-state index in [1.54, 1.807) is 48.5 Å². The van der Waals surface area contributed by atoms with Gasteiger partial charge in [-0.25, -0.2) is 9.13 Å². The third-order valence-corrected chi connectivity index (χ3v) is 4.40. The van der Waals surface area contributed by atoms with Gasteiger partial charge in [-0.05, 0) is 36.1 Å². The summed E-state index contributed by atoms with van der Waals surface area (Å²) in [7, 11) is 2.00. The molecule has 0 N–H and O–H groups in total. The number of nitrogens with zero attached hydrogens (tertiary/aromatic N) is 2. The van der Waals surface area contributed by atoms with Gasteiger partial charge >= 0.3 is 0 Å². The Kier molecular flexibility index (Phi) is 7.60. The van der Waals surface area contributed by atoms with Crippen LogP contribution in [0.3, 0.4) is 0 Å². The number of para-hydroxylation sites is 2. The molecule has 1 heterocycles. The third-order valence-electron chi connectivity index (χ3n) is 3.08. The number of aromatic nitrogens is 2. The van der Waals surface area contributed by atoms with E-state index < -0.39 is 6.72 Å². The van der Waals surface area contributed by atoms with Gasteiger partial charge in [-0.3, -0.25) is 0 Å². The van der Waals surface area contributed by atoms with Crippen LogP contribution in [0.2, 0.25) is 0 Å². The van der Waals surface area contributed by atoms with E-state index >= 15 is 0 Å². The predicted molar refractivity (Wildman–Crippen MR) is 104 cm³/mol. The van der Waals surface area contributed by atoms with Crippen molar-refractivity contribution in [2.24, 2.45) is 7.05 Å². The van der Waals surface area contributed by atoms with Gasteiger partial charge in [0, 0.05) is 0 Å². The summed E-state index contributed by atoms with van der Waals surface area (Å²) in [5, 5.41) is 0. The summed E-state index contributed by atoms with van der Waals surface area (Å²) in [5.41, 5.74) is 0. The van der Waals surface area contributed by atoms with Gasteiger partial charge in [0.25, 0.3) is 0 Å². The van der Waals surface area contributed by atoms with Crippen LogP contribution >= 0.6 is 6.72 Å². The average Bonchev–Trinajstić information content (AvgIpc) is 3.02. The van der Waals surface area contributed by atoms with Crippen LogP contribution < -0.4 is 18.5 Å². The van der Waals surface area contributed by atoms with Crippen molar-refractivity contribution in [3.63, 3.8) is 0 Å². The Bertz CT molecular complexity index is 808. The van der Waals surface area contributed by atoms with E-state index in [1.807, 2.05) is 48.5 Å². The molecule has 0 aliphatic heterocycles. The molecule has 26 heavy (non-hydrogen) atoms. The Hall–Kier alpha value is -2.40. The van der Waals surface area contributed by atoms with Gasteiger partial charge < -0.3 is 13.9 Å². The lowest BCUT2D eigenvalue weighted by atomic mass is 10.3. The minimum atomic E-state index is -3.55. The number of rotatable bonds is 6. The van der Waals surface area contributed by atoms with Crippen LogP contribution in [0.4, 0.5) is 0 Å². The van der Waals surface area contributed by atoms with Crippen LogP contribution in [0.25, 0.3) is 0 Å². The van der Waals surface area contributed by atoms with Crippen LogP contribution in [0.15, 0.2) is 92.0 Å². The number of benzene rings is 2. The fourth-order valence-electron chi connectivity index (χ4n) is 2.00. The molecule has 0 saturated heterocycles. The van der Waals surface area contributed by atoms with E-state index in [1.165, 1.54) is 0 Å². The van der Waals surface area contributed by atoms with Gasteiger partial charge in [0.2, 0.25) is 13.0 Å². The van der Waals surface area contributed by atoms with Gasteiger partial charge in [0.15, 0.2) is 0 Å². The Morgan fingerprint density at radius 2 is 1.58 bits per heavy atom. The molecule has 3 aromatic rings. The van der Waals surface area contributed by atoms with Crippen molar-refractivity contribution in [2.75, 3.05) is 0 Å². The minimum absolute atomic E-state index is 0.432. The fraction of sp³-hybridized carbons (Fsp3) is 0.105. The summed E-state index contributed by atoms with van der Waals surface area (Å²) in [6.07, 6.45) is 7.91. The smallest absolute Gasteiger partial charge is 0.243 e. The standard InChI is InChI=1S/C12H11O3PS.C7H11N2/c13-16(17,14-11-7-3-1-4-8-11)15-12-9-5-2-6-10-12;1-3-4-9-6-5-8(2)7-9/h1-10H,(H,13,17);3,5-7H,1,4H2,2H3/q;+1/p-1. The zero-order chi connectivity index (χ0) is 18.8. The molecule has 0 amide bonds. The van der Waals surface area contributed by atoms with Gasteiger partial charge in [-0.2, -0.15) is 0 Å². The Balaban J connectivity index is 0.000000228. The van der Waals surface area contributed by atoms with Crippen molar-refractivity contribution in [2.45, 2.75) is 6.54 Å². The van der Waals surface area contributed by atoms with Gasteiger partial charge in [-0.15, -0.1) is 0 Å². The molecule has 0 aliphatic carbocycles. The first-order valence-electron chi connectivity index (χ1n) is 7.91. The number of aryl methyl sites for hydroxylation is 1. The zero-order valence-corrected chi connectivity index (χ0v) is 16.2. The first kappa shape index (κ1) is 19.9. The van der Waals surface area contributed by atoms with Crippen molar-refractivity contribution in [1.29, 1.82) is 0 Å². The molecule has 5 nitrogen and oxygen atoms in total. The Labute approximate surface area is 159 Å². The molecular weight excluding hydrogens is 367 g/mol. The van der Waals surface area contributed by atoms with Crippen LogP contribution in [0.1, 0.15) is 0 Å². The summed E-state index contributed by atoms with van der Waals surface area (Å²) in [5.74, 6) is 0.864. The van der Waals surface area contributed by atoms with E-state index in [0.29, 0.717) is 11.5 Å². The maximum absolute atomic E-state index is 11.9. The molecule has 136 valence electrons. The Morgan fingerprint density at radius 3 is 1.96 bits per heavy atom. The topological polar surface area (TPSA) is 50.3 Å². The van der Waals surface area contributed by atoms with Crippen LogP contribution in [-0.2, 0) is 25.4 Å². The Morgan fingerprint density at radius 1 is 1.08 bits per heavy atom. The lowest BCUT2D eigenvalue weighted by Gasteiger charge is -2.28. The van der Waals surface area contributed by atoms with E-state index in [-0.39, 0.29) is 0 Å². The molecular formula is C19H21N2O3PS. The van der Waals surface area contributed by atoms with Gasteiger partial charge in [-0.1, -0.05) is 49.1 Å². The highest BCUT2D eigenvalue weighted by molar-refractivity contribution is 8.06. The largest absolute Gasteiger partial charge is 0.760 e. The number of hydrogen-bond donors (Lipinski definition) is 0. The highest BCUT2D eigenvalue weighted by Crippen LogP contribution is 2.40. The molecule has 0 unspecified atom stereocenters. The maximum atomic E-state index is 11.9. The monoisotopic (exact) mass is 388 g/mol. The molecule has 0 atom stereocenters. The van der Waals surface area contributed by atoms with Crippen LogP contribution in [-0.4, -0.2) is 4.57 Å². The summed E-state index contributed by atoms with van der Waals surface area (Å²) < 4.78 is 14.4. The van der Waals surface area contributed by atoms with E-state index in [2.05, 4.69) is 11.1 Å². The molecule has 0 spiro atoms. The van der Waals surface area contributed by atoms with Crippen LogP contribution in [0.5, 0.6) is 11.5 Å². The molecule has 0 bridgehead atoms. The molecule has 2 aromatic carbocycles. The lowest BCUT2D eigenvalue weighted by Crippen LogP contribution is -2.23.